The van der Waals surface area contributed by atoms with Gasteiger partial charge in [-0.1, -0.05) is 18.0 Å². The fourth-order valence-electron chi connectivity index (χ4n) is 2.82. The SMILES string of the molecule is Cn1c(C2CCCC2N)nc2ccc(Cl)cc21. The summed E-state index contributed by atoms with van der Waals surface area (Å²) in [5, 5.41) is 0.753. The van der Waals surface area contributed by atoms with Gasteiger partial charge >= 0.3 is 0 Å². The van der Waals surface area contributed by atoms with Gasteiger partial charge in [0.15, 0.2) is 0 Å². The van der Waals surface area contributed by atoms with Crippen molar-refractivity contribution >= 4 is 22.6 Å². The Balaban J connectivity index is 2.14. The number of nitrogens with zero attached hydrogens (tertiary/aromatic N) is 2. The molecule has 4 heteroatoms. The van der Waals surface area contributed by atoms with Crippen LogP contribution in [0.15, 0.2) is 18.2 Å². The van der Waals surface area contributed by atoms with Crippen LogP contribution in [0.2, 0.25) is 5.02 Å². The van der Waals surface area contributed by atoms with E-state index in [1.165, 1.54) is 6.42 Å². The van der Waals surface area contributed by atoms with Crippen LogP contribution in [0.3, 0.4) is 0 Å². The topological polar surface area (TPSA) is 43.8 Å². The van der Waals surface area contributed by atoms with Crippen LogP contribution < -0.4 is 5.73 Å². The number of aromatic nitrogens is 2. The number of benzene rings is 1. The summed E-state index contributed by atoms with van der Waals surface area (Å²) in [7, 11) is 2.05. The third-order valence-electron chi connectivity index (χ3n) is 3.78. The van der Waals surface area contributed by atoms with Crippen LogP contribution in [0.25, 0.3) is 11.0 Å². The Labute approximate surface area is 106 Å². The van der Waals surface area contributed by atoms with Crippen LogP contribution in [0.5, 0.6) is 0 Å². The zero-order valence-electron chi connectivity index (χ0n) is 9.86. The van der Waals surface area contributed by atoms with Crippen molar-refractivity contribution in [2.24, 2.45) is 12.8 Å². The Morgan fingerprint density at radius 3 is 2.94 bits per heavy atom. The Kier molecular flexibility index (Phi) is 2.60. The highest BCUT2D eigenvalue weighted by molar-refractivity contribution is 6.31. The highest BCUT2D eigenvalue weighted by Gasteiger charge is 2.29. The highest BCUT2D eigenvalue weighted by atomic mass is 35.5. The first-order chi connectivity index (χ1) is 8.16. The normalized spacial score (nSPS) is 24.6. The van der Waals surface area contributed by atoms with Gasteiger partial charge in [-0.15, -0.1) is 0 Å². The maximum atomic E-state index is 6.15. The molecule has 3 nitrogen and oxygen atoms in total. The number of hydrogen-bond donors (Lipinski definition) is 1. The predicted octanol–water partition coefficient (Wildman–Crippen LogP) is 2.82. The van der Waals surface area contributed by atoms with Gasteiger partial charge in [-0.05, 0) is 31.0 Å². The number of rotatable bonds is 1. The van der Waals surface area contributed by atoms with Gasteiger partial charge in [0.25, 0.3) is 0 Å². The number of fused-ring (bicyclic) bond motifs is 1. The fraction of sp³-hybridized carbons (Fsp3) is 0.462. The molecule has 0 spiro atoms. The van der Waals surface area contributed by atoms with E-state index < -0.39 is 0 Å². The molecule has 3 rings (SSSR count). The molecule has 90 valence electrons. The van der Waals surface area contributed by atoms with Gasteiger partial charge < -0.3 is 10.3 Å². The van der Waals surface area contributed by atoms with Crippen LogP contribution in [0.1, 0.15) is 31.0 Å². The summed E-state index contributed by atoms with van der Waals surface area (Å²) in [6.07, 6.45) is 3.45. The Bertz CT molecular complexity index is 561. The summed E-state index contributed by atoms with van der Waals surface area (Å²) < 4.78 is 2.14. The lowest BCUT2D eigenvalue weighted by atomic mass is 10.0. The Morgan fingerprint density at radius 2 is 2.24 bits per heavy atom. The van der Waals surface area contributed by atoms with Gasteiger partial charge in [0, 0.05) is 24.0 Å². The maximum Gasteiger partial charge on any atom is 0.114 e. The summed E-state index contributed by atoms with van der Waals surface area (Å²) in [5.74, 6) is 1.50. The van der Waals surface area contributed by atoms with Crippen molar-refractivity contribution in [3.63, 3.8) is 0 Å². The number of imidazole rings is 1. The first kappa shape index (κ1) is 11.1. The maximum absolute atomic E-state index is 6.15. The Morgan fingerprint density at radius 1 is 1.41 bits per heavy atom. The zero-order valence-corrected chi connectivity index (χ0v) is 10.6. The molecule has 2 aromatic rings. The van der Waals surface area contributed by atoms with E-state index in [0.717, 1.165) is 34.7 Å². The molecule has 1 fully saturated rings. The van der Waals surface area contributed by atoms with Crippen LogP contribution in [0.4, 0.5) is 0 Å². The van der Waals surface area contributed by atoms with Crippen molar-refractivity contribution in [3.8, 4) is 0 Å². The molecule has 0 aliphatic heterocycles. The third kappa shape index (κ3) is 1.74. The van der Waals surface area contributed by atoms with Gasteiger partial charge in [-0.3, -0.25) is 0 Å². The van der Waals surface area contributed by atoms with E-state index in [9.17, 15) is 0 Å². The summed E-state index contributed by atoms with van der Waals surface area (Å²) in [5.41, 5.74) is 8.25. The standard InChI is InChI=1S/C13H16ClN3/c1-17-12-7-8(14)5-6-11(12)16-13(17)9-3-2-4-10(9)15/h5-7,9-10H,2-4,15H2,1H3. The van der Waals surface area contributed by atoms with E-state index in [0.29, 0.717) is 5.92 Å². The van der Waals surface area contributed by atoms with Crippen LogP contribution in [0, 0.1) is 0 Å². The zero-order chi connectivity index (χ0) is 12.0. The van der Waals surface area contributed by atoms with Crippen molar-refractivity contribution in [3.05, 3.63) is 29.0 Å². The molecule has 2 N–H and O–H groups in total. The first-order valence-corrected chi connectivity index (χ1v) is 6.42. The Hall–Kier alpha value is -1.06. The monoisotopic (exact) mass is 249 g/mol. The van der Waals surface area contributed by atoms with Crippen molar-refractivity contribution in [2.45, 2.75) is 31.2 Å². The highest BCUT2D eigenvalue weighted by Crippen LogP contribution is 2.34. The molecular formula is C13H16ClN3. The average molecular weight is 250 g/mol. The summed E-state index contributed by atoms with van der Waals surface area (Å²) >= 11 is 6.02. The second-order valence-electron chi connectivity index (χ2n) is 4.86. The fourth-order valence-corrected chi connectivity index (χ4v) is 2.99. The molecule has 2 unspecified atom stereocenters. The molecular weight excluding hydrogens is 234 g/mol. The van der Waals surface area contributed by atoms with Crippen molar-refractivity contribution in [2.75, 3.05) is 0 Å². The molecule has 1 saturated carbocycles. The summed E-state index contributed by atoms with van der Waals surface area (Å²) in [6.45, 7) is 0. The van der Waals surface area contributed by atoms with E-state index >= 15 is 0 Å². The smallest absolute Gasteiger partial charge is 0.114 e. The van der Waals surface area contributed by atoms with E-state index in [1.54, 1.807) is 0 Å². The molecule has 17 heavy (non-hydrogen) atoms. The van der Waals surface area contributed by atoms with Gasteiger partial charge in [-0.25, -0.2) is 4.98 Å². The molecule has 0 amide bonds. The minimum Gasteiger partial charge on any atom is -0.331 e. The van der Waals surface area contributed by atoms with E-state index in [1.807, 2.05) is 25.2 Å². The summed E-state index contributed by atoms with van der Waals surface area (Å²) in [4.78, 5) is 4.71. The lowest BCUT2D eigenvalue weighted by Crippen LogP contribution is -2.24. The molecule has 1 aliphatic rings. The van der Waals surface area contributed by atoms with E-state index in [2.05, 4.69) is 4.57 Å². The predicted molar refractivity (Wildman–Crippen MR) is 70.3 cm³/mol. The van der Waals surface area contributed by atoms with Gasteiger partial charge in [0.2, 0.25) is 0 Å². The molecule has 0 saturated heterocycles. The minimum absolute atomic E-state index is 0.251. The second kappa shape index (κ2) is 4.00. The van der Waals surface area contributed by atoms with Gasteiger partial charge in [0.05, 0.1) is 11.0 Å². The number of hydrogen-bond acceptors (Lipinski definition) is 2. The van der Waals surface area contributed by atoms with Crippen molar-refractivity contribution in [1.82, 2.24) is 9.55 Å². The summed E-state index contributed by atoms with van der Waals surface area (Å²) in [6, 6.07) is 6.08. The largest absolute Gasteiger partial charge is 0.331 e. The molecule has 1 aromatic carbocycles. The quantitative estimate of drug-likeness (QED) is 0.845. The van der Waals surface area contributed by atoms with E-state index in [-0.39, 0.29) is 6.04 Å². The van der Waals surface area contributed by atoms with Gasteiger partial charge in [-0.2, -0.15) is 0 Å². The van der Waals surface area contributed by atoms with Crippen LogP contribution in [-0.4, -0.2) is 15.6 Å². The van der Waals surface area contributed by atoms with Crippen molar-refractivity contribution < 1.29 is 0 Å². The molecule has 1 heterocycles. The first-order valence-electron chi connectivity index (χ1n) is 6.04. The minimum atomic E-state index is 0.251. The van der Waals surface area contributed by atoms with Crippen LogP contribution in [-0.2, 0) is 7.05 Å². The molecule has 1 aromatic heterocycles. The van der Waals surface area contributed by atoms with Crippen molar-refractivity contribution in [1.29, 1.82) is 0 Å². The third-order valence-corrected chi connectivity index (χ3v) is 4.01. The number of nitrogens with two attached hydrogens (primary N) is 1. The van der Waals surface area contributed by atoms with Gasteiger partial charge in [0.1, 0.15) is 5.82 Å². The van der Waals surface area contributed by atoms with E-state index in [4.69, 9.17) is 22.3 Å². The number of aryl methyl sites for hydroxylation is 1. The number of halogens is 1. The average Bonchev–Trinajstić information content (AvgIpc) is 2.84. The molecule has 1 aliphatic carbocycles. The molecule has 0 radical (unpaired) electrons. The lowest BCUT2D eigenvalue weighted by Gasteiger charge is -2.14. The van der Waals surface area contributed by atoms with Crippen LogP contribution >= 0.6 is 11.6 Å². The lowest BCUT2D eigenvalue weighted by molar-refractivity contribution is 0.565. The second-order valence-corrected chi connectivity index (χ2v) is 5.30. The molecule has 2 atom stereocenters. The molecule has 0 bridgehead atoms.